The van der Waals surface area contributed by atoms with Gasteiger partial charge in [-0.3, -0.25) is 4.90 Å². The van der Waals surface area contributed by atoms with Gasteiger partial charge in [-0.15, -0.1) is 0 Å². The minimum Gasteiger partial charge on any atom is -0.463 e. The average molecular weight is 413 g/mol. The van der Waals surface area contributed by atoms with Crippen molar-refractivity contribution in [3.8, 4) is 0 Å². The van der Waals surface area contributed by atoms with E-state index >= 15 is 0 Å². The molecule has 3 heterocycles. The molecule has 152 valence electrons. The van der Waals surface area contributed by atoms with Gasteiger partial charge < -0.3 is 13.9 Å². The van der Waals surface area contributed by atoms with E-state index in [0.717, 1.165) is 48.1 Å². The fourth-order valence-electron chi connectivity index (χ4n) is 3.22. The standard InChI is InChI=1S/C21H23N3O4S/c1-14(17-7-8-18(28-17)21(25)26-2)29-20-15-5-3-4-6-16(15)22-19(23-20)13-24-9-11-27-12-10-24/h3-8,14H,9-13H2,1-2H3. The summed E-state index contributed by atoms with van der Waals surface area (Å²) in [5.41, 5.74) is 0.926. The molecule has 1 atom stereocenters. The van der Waals surface area contributed by atoms with Gasteiger partial charge in [-0.2, -0.15) is 0 Å². The molecule has 2 aromatic heterocycles. The van der Waals surface area contributed by atoms with Crippen LogP contribution in [0.4, 0.5) is 0 Å². The summed E-state index contributed by atoms with van der Waals surface area (Å²) in [6.45, 7) is 5.99. The third-order valence-electron chi connectivity index (χ3n) is 4.79. The van der Waals surface area contributed by atoms with Crippen LogP contribution < -0.4 is 0 Å². The van der Waals surface area contributed by atoms with E-state index in [1.807, 2.05) is 37.3 Å². The fourth-order valence-corrected chi connectivity index (χ4v) is 4.26. The number of para-hydroxylation sites is 1. The van der Waals surface area contributed by atoms with E-state index in [2.05, 4.69) is 4.90 Å². The van der Waals surface area contributed by atoms with Gasteiger partial charge in [0, 0.05) is 18.5 Å². The van der Waals surface area contributed by atoms with Crippen molar-refractivity contribution in [1.82, 2.24) is 14.9 Å². The summed E-state index contributed by atoms with van der Waals surface area (Å²) in [5.74, 6) is 1.23. The molecular weight excluding hydrogens is 390 g/mol. The van der Waals surface area contributed by atoms with Crippen molar-refractivity contribution < 1.29 is 18.7 Å². The smallest absolute Gasteiger partial charge is 0.373 e. The highest BCUT2D eigenvalue weighted by molar-refractivity contribution is 7.99. The maximum atomic E-state index is 11.7. The topological polar surface area (TPSA) is 77.7 Å². The average Bonchev–Trinajstić information content (AvgIpc) is 3.24. The second-order valence-corrected chi connectivity index (χ2v) is 8.13. The van der Waals surface area contributed by atoms with Gasteiger partial charge in [0.25, 0.3) is 0 Å². The second-order valence-electron chi connectivity index (χ2n) is 6.80. The van der Waals surface area contributed by atoms with Gasteiger partial charge in [0.15, 0.2) is 0 Å². The highest BCUT2D eigenvalue weighted by Gasteiger charge is 2.20. The lowest BCUT2D eigenvalue weighted by atomic mass is 10.2. The first-order chi connectivity index (χ1) is 14.1. The number of methoxy groups -OCH3 is 1. The Bertz CT molecular complexity index is 1000. The predicted octanol–water partition coefficient (Wildman–Crippen LogP) is 3.69. The van der Waals surface area contributed by atoms with Crippen molar-refractivity contribution in [2.75, 3.05) is 33.4 Å². The van der Waals surface area contributed by atoms with E-state index in [1.165, 1.54) is 7.11 Å². The number of rotatable bonds is 6. The van der Waals surface area contributed by atoms with Gasteiger partial charge in [-0.25, -0.2) is 14.8 Å². The number of carbonyl (C=O) groups excluding carboxylic acids is 1. The van der Waals surface area contributed by atoms with Crippen LogP contribution in [0.15, 0.2) is 45.8 Å². The number of esters is 1. The summed E-state index contributed by atoms with van der Waals surface area (Å²) < 4.78 is 15.8. The lowest BCUT2D eigenvalue weighted by Crippen LogP contribution is -2.36. The SMILES string of the molecule is COC(=O)c1ccc(C(C)Sc2nc(CN3CCOCC3)nc3ccccc23)o1. The highest BCUT2D eigenvalue weighted by atomic mass is 32.2. The summed E-state index contributed by atoms with van der Waals surface area (Å²) in [7, 11) is 1.34. The molecule has 1 aromatic carbocycles. The Kier molecular flexibility index (Phi) is 6.13. The van der Waals surface area contributed by atoms with E-state index in [-0.39, 0.29) is 11.0 Å². The number of aromatic nitrogens is 2. The van der Waals surface area contributed by atoms with E-state index in [1.54, 1.807) is 17.8 Å². The number of hydrogen-bond donors (Lipinski definition) is 0. The van der Waals surface area contributed by atoms with E-state index in [9.17, 15) is 4.79 Å². The number of thioether (sulfide) groups is 1. The zero-order chi connectivity index (χ0) is 20.2. The molecule has 1 saturated heterocycles. The molecule has 0 aliphatic carbocycles. The van der Waals surface area contributed by atoms with Gasteiger partial charge in [-0.05, 0) is 25.1 Å². The molecule has 29 heavy (non-hydrogen) atoms. The molecule has 4 rings (SSSR count). The van der Waals surface area contributed by atoms with Crippen molar-refractivity contribution in [2.24, 2.45) is 0 Å². The lowest BCUT2D eigenvalue weighted by molar-refractivity contribution is 0.0330. The predicted molar refractivity (Wildman–Crippen MR) is 110 cm³/mol. The van der Waals surface area contributed by atoms with Crippen molar-refractivity contribution in [2.45, 2.75) is 23.7 Å². The molecule has 0 spiro atoms. The maximum Gasteiger partial charge on any atom is 0.373 e. The molecule has 0 amide bonds. The van der Waals surface area contributed by atoms with Crippen LogP contribution in [0.25, 0.3) is 10.9 Å². The van der Waals surface area contributed by atoms with Gasteiger partial charge in [0.1, 0.15) is 16.6 Å². The number of furan rings is 1. The van der Waals surface area contributed by atoms with Gasteiger partial charge in [0.2, 0.25) is 5.76 Å². The number of ether oxygens (including phenoxy) is 2. The largest absolute Gasteiger partial charge is 0.463 e. The van der Waals surface area contributed by atoms with Crippen LogP contribution in [-0.4, -0.2) is 54.3 Å². The Morgan fingerprint density at radius 2 is 2.00 bits per heavy atom. The number of fused-ring (bicyclic) bond motifs is 1. The third kappa shape index (κ3) is 4.60. The number of hydrogen-bond acceptors (Lipinski definition) is 8. The Morgan fingerprint density at radius 3 is 2.79 bits per heavy atom. The monoisotopic (exact) mass is 413 g/mol. The summed E-state index contributed by atoms with van der Waals surface area (Å²) in [6, 6.07) is 11.5. The first-order valence-corrected chi connectivity index (χ1v) is 10.4. The van der Waals surface area contributed by atoms with Crippen molar-refractivity contribution in [3.05, 3.63) is 53.7 Å². The molecule has 3 aromatic rings. The van der Waals surface area contributed by atoms with Crippen LogP contribution in [-0.2, 0) is 16.0 Å². The zero-order valence-corrected chi connectivity index (χ0v) is 17.3. The van der Waals surface area contributed by atoms with Gasteiger partial charge in [-0.1, -0.05) is 30.0 Å². The minimum atomic E-state index is -0.478. The molecule has 1 aliphatic heterocycles. The van der Waals surface area contributed by atoms with E-state index in [0.29, 0.717) is 12.3 Å². The summed E-state index contributed by atoms with van der Waals surface area (Å²) in [4.78, 5) is 23.6. The number of morpholine rings is 1. The van der Waals surface area contributed by atoms with Crippen molar-refractivity contribution in [1.29, 1.82) is 0 Å². The van der Waals surface area contributed by atoms with Gasteiger partial charge in [0.05, 0.1) is 37.6 Å². The molecule has 0 N–H and O–H groups in total. The van der Waals surface area contributed by atoms with Crippen LogP contribution in [0.3, 0.4) is 0 Å². The molecule has 1 unspecified atom stereocenters. The quantitative estimate of drug-likeness (QED) is 0.344. The van der Waals surface area contributed by atoms with Crippen LogP contribution in [0.2, 0.25) is 0 Å². The molecule has 0 saturated carbocycles. The Labute approximate surface area is 173 Å². The Hall–Kier alpha value is -2.42. The number of nitrogens with zero attached hydrogens (tertiary/aromatic N) is 3. The second kappa shape index (κ2) is 8.94. The van der Waals surface area contributed by atoms with Crippen molar-refractivity contribution in [3.63, 3.8) is 0 Å². The normalized spacial score (nSPS) is 16.1. The highest BCUT2D eigenvalue weighted by Crippen LogP contribution is 2.37. The van der Waals surface area contributed by atoms with Crippen LogP contribution in [0.1, 0.15) is 34.3 Å². The Balaban J connectivity index is 1.59. The number of carbonyl (C=O) groups is 1. The molecule has 1 aliphatic rings. The zero-order valence-electron chi connectivity index (χ0n) is 16.5. The summed E-state index contributed by atoms with van der Waals surface area (Å²) >= 11 is 1.59. The van der Waals surface area contributed by atoms with E-state index < -0.39 is 5.97 Å². The molecule has 0 radical (unpaired) electrons. The third-order valence-corrected chi connectivity index (χ3v) is 5.91. The molecule has 1 fully saturated rings. The first kappa shape index (κ1) is 19.9. The van der Waals surface area contributed by atoms with E-state index in [4.69, 9.17) is 23.9 Å². The fraction of sp³-hybridized carbons (Fsp3) is 0.381. The summed E-state index contributed by atoms with van der Waals surface area (Å²) in [6.07, 6.45) is 0. The first-order valence-electron chi connectivity index (χ1n) is 9.54. The van der Waals surface area contributed by atoms with Gasteiger partial charge >= 0.3 is 5.97 Å². The minimum absolute atomic E-state index is 0.0250. The molecule has 8 heteroatoms. The van der Waals surface area contributed by atoms with Crippen molar-refractivity contribution >= 4 is 28.6 Å². The molecule has 7 nitrogen and oxygen atoms in total. The maximum absolute atomic E-state index is 11.7. The van der Waals surface area contributed by atoms with Crippen LogP contribution >= 0.6 is 11.8 Å². The lowest BCUT2D eigenvalue weighted by Gasteiger charge is -2.26. The summed E-state index contributed by atoms with van der Waals surface area (Å²) in [5, 5.41) is 1.89. The molecule has 0 bridgehead atoms. The van der Waals surface area contributed by atoms with Crippen LogP contribution in [0.5, 0.6) is 0 Å². The number of benzene rings is 1. The Morgan fingerprint density at radius 1 is 1.21 bits per heavy atom. The van der Waals surface area contributed by atoms with Crippen LogP contribution in [0, 0.1) is 0 Å². The molecular formula is C21H23N3O4S.